The van der Waals surface area contributed by atoms with E-state index in [1.54, 1.807) is 29.2 Å². The zero-order chi connectivity index (χ0) is 21.0. The summed E-state index contributed by atoms with van der Waals surface area (Å²) in [6, 6.07) is 3.28. The summed E-state index contributed by atoms with van der Waals surface area (Å²) in [5.41, 5.74) is 1.19. The topological polar surface area (TPSA) is 96.4 Å². The van der Waals surface area contributed by atoms with Crippen molar-refractivity contribution in [3.05, 3.63) is 40.8 Å². The van der Waals surface area contributed by atoms with E-state index in [0.717, 1.165) is 16.7 Å². The lowest BCUT2D eigenvalue weighted by Crippen LogP contribution is -2.46. The molecule has 0 spiro atoms. The number of methoxy groups -OCH3 is 1. The number of hydrogen-bond acceptors (Lipinski definition) is 7. The summed E-state index contributed by atoms with van der Waals surface area (Å²) >= 11 is 0.782. The van der Waals surface area contributed by atoms with E-state index >= 15 is 0 Å². The lowest BCUT2D eigenvalue weighted by atomic mass is 10.1. The van der Waals surface area contributed by atoms with Crippen molar-refractivity contribution in [2.75, 3.05) is 40.0 Å². The second kappa shape index (κ2) is 9.15. The van der Waals surface area contributed by atoms with E-state index in [2.05, 4.69) is 6.58 Å². The van der Waals surface area contributed by atoms with Gasteiger partial charge in [-0.05, 0) is 42.0 Å². The van der Waals surface area contributed by atoms with Gasteiger partial charge in [0, 0.05) is 18.7 Å². The molecule has 1 aromatic rings. The Morgan fingerprint density at radius 1 is 1.34 bits per heavy atom. The number of rotatable bonds is 6. The van der Waals surface area contributed by atoms with E-state index in [1.807, 2.05) is 0 Å². The summed E-state index contributed by atoms with van der Waals surface area (Å²) in [5, 5.41) is 9.70. The van der Waals surface area contributed by atoms with Crippen LogP contribution in [0.3, 0.4) is 0 Å². The Bertz CT molecular complexity index is 876. The molecule has 0 atom stereocenters. The molecule has 2 heterocycles. The highest BCUT2D eigenvalue weighted by atomic mass is 32.2. The summed E-state index contributed by atoms with van der Waals surface area (Å²) in [6.45, 7) is 5.17. The molecule has 0 radical (unpaired) electrons. The van der Waals surface area contributed by atoms with Crippen molar-refractivity contribution in [2.45, 2.75) is 6.42 Å². The van der Waals surface area contributed by atoms with Crippen LogP contribution < -0.4 is 4.74 Å². The number of imide groups is 1. The third kappa shape index (κ3) is 4.63. The largest absolute Gasteiger partial charge is 0.504 e. The molecule has 1 aromatic carbocycles. The van der Waals surface area contributed by atoms with Crippen LogP contribution >= 0.6 is 11.8 Å². The van der Waals surface area contributed by atoms with Crippen LogP contribution in [0.1, 0.15) is 11.1 Å². The van der Waals surface area contributed by atoms with Crippen molar-refractivity contribution < 1.29 is 29.0 Å². The lowest BCUT2D eigenvalue weighted by Gasteiger charge is -2.28. The standard InChI is InChI=1S/C20H22N2O6S/c1-3-4-14-9-13(10-15(27-2)18(14)24)11-16-19(25)22(20(26)29-16)12-17(23)21-5-7-28-8-6-21/h3,9-11,24H,1,4-8,12H2,2H3/b16-11+. The van der Waals surface area contributed by atoms with Gasteiger partial charge in [0.15, 0.2) is 11.5 Å². The number of thioether (sulfide) groups is 1. The maximum atomic E-state index is 12.7. The van der Waals surface area contributed by atoms with Crippen LogP contribution in [0.25, 0.3) is 6.08 Å². The summed E-state index contributed by atoms with van der Waals surface area (Å²) in [5.74, 6) is -0.526. The molecule has 2 aliphatic heterocycles. The number of morpholine rings is 1. The number of allylic oxidation sites excluding steroid dienone is 1. The fourth-order valence-corrected chi connectivity index (χ4v) is 3.91. The van der Waals surface area contributed by atoms with Crippen molar-refractivity contribution in [1.29, 1.82) is 0 Å². The maximum absolute atomic E-state index is 12.7. The van der Waals surface area contributed by atoms with E-state index in [-0.39, 0.29) is 28.9 Å². The van der Waals surface area contributed by atoms with Gasteiger partial charge in [-0.3, -0.25) is 19.3 Å². The number of amides is 3. The van der Waals surface area contributed by atoms with Crippen LogP contribution in [0.5, 0.6) is 11.5 Å². The van der Waals surface area contributed by atoms with Gasteiger partial charge < -0.3 is 19.5 Å². The Morgan fingerprint density at radius 3 is 2.72 bits per heavy atom. The normalized spacial score (nSPS) is 18.4. The SMILES string of the molecule is C=CCc1cc(/C=C2/SC(=O)N(CC(=O)N3CCOCC3)C2=O)cc(OC)c1O. The molecule has 2 saturated heterocycles. The zero-order valence-corrected chi connectivity index (χ0v) is 16.9. The molecule has 2 fully saturated rings. The molecule has 0 aliphatic carbocycles. The third-order valence-corrected chi connectivity index (χ3v) is 5.50. The summed E-state index contributed by atoms with van der Waals surface area (Å²) in [7, 11) is 1.43. The van der Waals surface area contributed by atoms with Gasteiger partial charge in [0.25, 0.3) is 11.1 Å². The van der Waals surface area contributed by atoms with Gasteiger partial charge in [0.1, 0.15) is 6.54 Å². The predicted molar refractivity (Wildman–Crippen MR) is 109 cm³/mol. The monoisotopic (exact) mass is 418 g/mol. The second-order valence-corrected chi connectivity index (χ2v) is 7.48. The highest BCUT2D eigenvalue weighted by Gasteiger charge is 2.37. The minimum Gasteiger partial charge on any atom is -0.504 e. The minimum absolute atomic E-state index is 0.00811. The van der Waals surface area contributed by atoms with Crippen LogP contribution in [0, 0.1) is 0 Å². The average Bonchev–Trinajstić information content (AvgIpc) is 2.98. The van der Waals surface area contributed by atoms with Gasteiger partial charge in [-0.15, -0.1) is 6.58 Å². The van der Waals surface area contributed by atoms with Crippen LogP contribution in [-0.2, 0) is 20.7 Å². The van der Waals surface area contributed by atoms with E-state index < -0.39 is 11.1 Å². The number of phenolic OH excluding ortho intramolecular Hbond substituents is 1. The van der Waals surface area contributed by atoms with Crippen molar-refractivity contribution in [3.8, 4) is 11.5 Å². The molecule has 9 heteroatoms. The predicted octanol–water partition coefficient (Wildman–Crippen LogP) is 2.02. The fourth-order valence-electron chi connectivity index (χ4n) is 3.07. The molecule has 154 valence electrons. The molecule has 8 nitrogen and oxygen atoms in total. The quantitative estimate of drug-likeness (QED) is 0.558. The number of phenols is 1. The molecule has 0 saturated carbocycles. The molecule has 0 bridgehead atoms. The summed E-state index contributed by atoms with van der Waals surface area (Å²) in [6.07, 6.45) is 3.61. The Morgan fingerprint density at radius 2 is 2.07 bits per heavy atom. The third-order valence-electron chi connectivity index (χ3n) is 4.59. The molecular weight excluding hydrogens is 396 g/mol. The number of carbonyl (C=O) groups is 3. The zero-order valence-electron chi connectivity index (χ0n) is 16.1. The number of nitrogens with zero attached hydrogens (tertiary/aromatic N) is 2. The number of hydrogen-bond donors (Lipinski definition) is 1. The van der Waals surface area contributed by atoms with Gasteiger partial charge >= 0.3 is 0 Å². The van der Waals surface area contributed by atoms with Crippen LogP contribution in [-0.4, -0.2) is 71.9 Å². The summed E-state index contributed by atoms with van der Waals surface area (Å²) < 4.78 is 10.4. The van der Waals surface area contributed by atoms with E-state index in [4.69, 9.17) is 9.47 Å². The molecule has 3 rings (SSSR count). The van der Waals surface area contributed by atoms with Crippen molar-refractivity contribution >= 4 is 34.9 Å². The van der Waals surface area contributed by atoms with Gasteiger partial charge in [0.2, 0.25) is 5.91 Å². The fraction of sp³-hybridized carbons (Fsp3) is 0.350. The average molecular weight is 418 g/mol. The van der Waals surface area contributed by atoms with Gasteiger partial charge in [-0.1, -0.05) is 6.08 Å². The maximum Gasteiger partial charge on any atom is 0.294 e. The van der Waals surface area contributed by atoms with Crippen molar-refractivity contribution in [2.24, 2.45) is 0 Å². The van der Waals surface area contributed by atoms with Gasteiger partial charge in [-0.2, -0.15) is 0 Å². The smallest absolute Gasteiger partial charge is 0.294 e. The molecule has 29 heavy (non-hydrogen) atoms. The molecule has 3 amide bonds. The number of benzene rings is 1. The Balaban J connectivity index is 1.79. The van der Waals surface area contributed by atoms with E-state index in [9.17, 15) is 19.5 Å². The highest BCUT2D eigenvalue weighted by Crippen LogP contribution is 2.36. The second-order valence-electron chi connectivity index (χ2n) is 6.48. The van der Waals surface area contributed by atoms with Crippen molar-refractivity contribution in [3.63, 3.8) is 0 Å². The molecule has 0 aromatic heterocycles. The Labute approximate surface area is 172 Å². The summed E-state index contributed by atoms with van der Waals surface area (Å²) in [4.78, 5) is 40.1. The number of aromatic hydroxyl groups is 1. The highest BCUT2D eigenvalue weighted by molar-refractivity contribution is 8.18. The van der Waals surface area contributed by atoms with Gasteiger partial charge in [-0.25, -0.2) is 0 Å². The van der Waals surface area contributed by atoms with E-state index in [0.29, 0.717) is 43.9 Å². The number of carbonyl (C=O) groups excluding carboxylic acids is 3. The molecular formula is C20H22N2O6S. The molecule has 1 N–H and O–H groups in total. The van der Waals surface area contributed by atoms with Crippen LogP contribution in [0.2, 0.25) is 0 Å². The minimum atomic E-state index is -0.515. The first kappa shape index (κ1) is 20.9. The number of ether oxygens (including phenoxy) is 2. The first-order chi connectivity index (χ1) is 13.9. The Hall–Kier alpha value is -2.78. The van der Waals surface area contributed by atoms with E-state index in [1.165, 1.54) is 7.11 Å². The van der Waals surface area contributed by atoms with Crippen LogP contribution in [0.15, 0.2) is 29.7 Å². The lowest BCUT2D eigenvalue weighted by molar-refractivity contribution is -0.139. The van der Waals surface area contributed by atoms with Crippen molar-refractivity contribution in [1.82, 2.24) is 9.80 Å². The first-order valence-corrected chi connectivity index (χ1v) is 9.88. The molecule has 2 aliphatic rings. The van der Waals surface area contributed by atoms with Gasteiger partial charge in [0.05, 0.1) is 25.2 Å². The molecule has 0 unspecified atom stereocenters. The first-order valence-electron chi connectivity index (χ1n) is 9.06. The van der Waals surface area contributed by atoms with Crippen LogP contribution in [0.4, 0.5) is 4.79 Å². The Kier molecular flexibility index (Phi) is 6.60.